The third kappa shape index (κ3) is 6.80. The molecule has 12 N–H and O–H groups in total. The molecular formula is C50H64O19. The molecule has 0 amide bonds. The third-order valence-electron chi connectivity index (χ3n) is 18.8. The summed E-state index contributed by atoms with van der Waals surface area (Å²) in [7, 11) is 0. The Hall–Kier alpha value is -4.89. The Labute approximate surface area is 397 Å². The zero-order valence-electron chi connectivity index (χ0n) is 39.2. The maximum atomic E-state index is 14.7. The van der Waals surface area contributed by atoms with Gasteiger partial charge in [0.15, 0.2) is 23.0 Å². The second-order valence-corrected chi connectivity index (χ2v) is 22.6. The molecule has 4 saturated carbocycles. The van der Waals surface area contributed by atoms with Crippen molar-refractivity contribution in [2.24, 2.45) is 50.2 Å². The number of phenolic OH excluding ortho intramolecular Hbond substituents is 6. The van der Waals surface area contributed by atoms with Crippen LogP contribution in [0.4, 0.5) is 0 Å². The van der Waals surface area contributed by atoms with Gasteiger partial charge in [0.25, 0.3) is 0 Å². The van der Waals surface area contributed by atoms with E-state index in [1.54, 1.807) is 0 Å². The first-order valence-electron chi connectivity index (χ1n) is 23.7. The minimum atomic E-state index is -1.77. The number of ether oxygens (including phenoxy) is 4. The van der Waals surface area contributed by atoms with Crippen molar-refractivity contribution in [1.29, 1.82) is 0 Å². The molecule has 5 aliphatic carbocycles. The lowest BCUT2D eigenvalue weighted by Gasteiger charge is -2.71. The minimum absolute atomic E-state index is 0.0400. The fraction of sp³-hybridized carbons (Fsp3) is 0.660. The number of carbonyl (C=O) groups excluding carboxylic acids is 3. The molecule has 2 aliphatic heterocycles. The van der Waals surface area contributed by atoms with Crippen molar-refractivity contribution in [3.63, 3.8) is 0 Å². The van der Waals surface area contributed by atoms with Crippen LogP contribution in [0.25, 0.3) is 11.1 Å². The molecule has 5 fully saturated rings. The lowest BCUT2D eigenvalue weighted by molar-refractivity contribution is -0.297. The van der Waals surface area contributed by atoms with Crippen LogP contribution >= 0.6 is 0 Å². The Morgan fingerprint density at radius 1 is 0.739 bits per heavy atom. The number of aliphatic hydroxyl groups excluding tert-OH is 6. The maximum absolute atomic E-state index is 14.7. The first-order chi connectivity index (χ1) is 32.3. The van der Waals surface area contributed by atoms with E-state index in [-0.39, 0.29) is 23.7 Å². The summed E-state index contributed by atoms with van der Waals surface area (Å²) >= 11 is 0. The minimum Gasteiger partial charge on any atom is -0.504 e. The molecule has 2 aromatic carbocycles. The number of aliphatic hydroxyl groups is 6. The summed E-state index contributed by atoms with van der Waals surface area (Å²) < 4.78 is 23.6. The number of hydrogen-bond donors (Lipinski definition) is 12. The van der Waals surface area contributed by atoms with Crippen molar-refractivity contribution in [2.45, 2.75) is 135 Å². The molecule has 7 aliphatic rings. The first-order valence-corrected chi connectivity index (χ1v) is 23.7. The lowest BCUT2D eigenvalue weighted by Crippen LogP contribution is -2.70. The van der Waals surface area contributed by atoms with E-state index >= 15 is 0 Å². The average Bonchev–Trinajstić information content (AvgIpc) is 3.31. The van der Waals surface area contributed by atoms with Gasteiger partial charge in [-0.05, 0) is 109 Å². The molecule has 0 bridgehead atoms. The lowest BCUT2D eigenvalue weighted by atomic mass is 9.33. The van der Waals surface area contributed by atoms with E-state index in [4.69, 9.17) is 18.9 Å². The van der Waals surface area contributed by atoms with Gasteiger partial charge in [-0.1, -0.05) is 46.3 Å². The third-order valence-corrected chi connectivity index (χ3v) is 18.8. The average molecular weight is 969 g/mol. The normalized spacial score (nSPS) is 41.3. The summed E-state index contributed by atoms with van der Waals surface area (Å²) in [4.78, 5) is 43.5. The number of cyclic esters (lactones) is 1. The first kappa shape index (κ1) is 49.1. The number of hydrogen-bond acceptors (Lipinski definition) is 19. The quantitative estimate of drug-likeness (QED) is 0.0904. The number of allylic oxidation sites excluding steroid dienone is 2. The molecular weight excluding hydrogens is 905 g/mol. The smallest absolute Gasteiger partial charge is 0.339 e. The van der Waals surface area contributed by atoms with Gasteiger partial charge in [0.05, 0.1) is 41.3 Å². The van der Waals surface area contributed by atoms with E-state index in [9.17, 15) is 75.7 Å². The molecule has 1 saturated heterocycles. The molecule has 69 heavy (non-hydrogen) atoms. The largest absolute Gasteiger partial charge is 0.504 e. The van der Waals surface area contributed by atoms with Crippen molar-refractivity contribution in [2.75, 3.05) is 19.8 Å². The Kier molecular flexibility index (Phi) is 11.6. The Morgan fingerprint density at radius 2 is 1.35 bits per heavy atom. The van der Waals surface area contributed by atoms with Crippen molar-refractivity contribution in [3.05, 3.63) is 34.9 Å². The topological polar surface area (TPSA) is 331 Å². The van der Waals surface area contributed by atoms with Crippen LogP contribution in [-0.2, 0) is 23.7 Å². The predicted octanol–water partition coefficient (Wildman–Crippen LogP) is 3.35. The summed E-state index contributed by atoms with van der Waals surface area (Å²) in [5.74, 6) is -11.0. The van der Waals surface area contributed by atoms with E-state index < -0.39 is 170 Å². The van der Waals surface area contributed by atoms with Gasteiger partial charge in [-0.15, -0.1) is 0 Å². The Balaban J connectivity index is 1.10. The molecule has 2 heterocycles. The molecule has 0 radical (unpaired) electrons. The van der Waals surface area contributed by atoms with Crippen molar-refractivity contribution in [1.82, 2.24) is 0 Å². The van der Waals surface area contributed by atoms with Gasteiger partial charge in [0.1, 0.15) is 37.1 Å². The Bertz CT molecular complexity index is 2500. The molecule has 15 atom stereocenters. The van der Waals surface area contributed by atoms with Crippen LogP contribution < -0.4 is 0 Å². The van der Waals surface area contributed by atoms with E-state index in [1.807, 2.05) is 6.92 Å². The van der Waals surface area contributed by atoms with E-state index in [2.05, 4.69) is 33.8 Å². The van der Waals surface area contributed by atoms with Crippen LogP contribution in [0.3, 0.4) is 0 Å². The monoisotopic (exact) mass is 968 g/mol. The molecule has 0 spiro atoms. The molecule has 9 rings (SSSR count). The number of benzene rings is 2. The molecule has 19 heteroatoms. The Morgan fingerprint density at radius 3 is 1.96 bits per heavy atom. The van der Waals surface area contributed by atoms with Crippen LogP contribution in [0.5, 0.6) is 34.5 Å². The summed E-state index contributed by atoms with van der Waals surface area (Å²) in [6.45, 7) is 8.65. The van der Waals surface area contributed by atoms with Crippen LogP contribution in [0.1, 0.15) is 113 Å². The number of carbonyl (C=O) groups is 3. The maximum Gasteiger partial charge on any atom is 0.339 e. The fourth-order valence-electron chi connectivity index (χ4n) is 14.9. The summed E-state index contributed by atoms with van der Waals surface area (Å²) in [6.07, 6.45) is -4.82. The predicted molar refractivity (Wildman–Crippen MR) is 237 cm³/mol. The zero-order chi connectivity index (χ0) is 50.3. The highest BCUT2D eigenvalue weighted by Gasteiger charge is 2.72. The summed E-state index contributed by atoms with van der Waals surface area (Å²) in [5, 5.41) is 130. The van der Waals surface area contributed by atoms with E-state index in [1.165, 1.54) is 0 Å². The second kappa shape index (κ2) is 16.3. The van der Waals surface area contributed by atoms with Crippen LogP contribution in [-0.4, -0.2) is 142 Å². The standard InChI is InChI=1S/C50H64O19/c1-45(2)10-12-49(44(65)69-43-39(62)38(61)35(58)28(18-51)67-43)13-11-47(4)23(24(49)16-45)6-7-29-46(3)17-27(55)40-50(19-52,30(46)8-9-48(29,47)5)20-66-41(63)21-14-25(53)33(56)36(59)31(21)32-22(42(64)68-40)15-26(54)34(57)37(32)60/h6,14-15,24,27-30,35,38-40,43,51-62H,7-13,16-20H2,1-5H3/t24-,27-,28-,29-,30?,35-,38+,39-,40-,43+,46-,47-,48-,49+,50-/m1/s1. The van der Waals surface area contributed by atoms with Gasteiger partial charge in [0, 0.05) is 11.1 Å². The summed E-state index contributed by atoms with van der Waals surface area (Å²) in [5.41, 5.74) is -6.69. The van der Waals surface area contributed by atoms with Gasteiger partial charge in [0.2, 0.25) is 17.8 Å². The highest BCUT2D eigenvalue weighted by molar-refractivity contribution is 6.08. The molecule has 0 aromatic heterocycles. The van der Waals surface area contributed by atoms with Crippen molar-refractivity contribution in [3.8, 4) is 45.6 Å². The van der Waals surface area contributed by atoms with Crippen LogP contribution in [0, 0.1) is 50.2 Å². The van der Waals surface area contributed by atoms with Crippen LogP contribution in [0.2, 0.25) is 0 Å². The number of fused-ring (bicyclic) bond motifs is 12. The van der Waals surface area contributed by atoms with Crippen LogP contribution in [0.15, 0.2) is 23.8 Å². The van der Waals surface area contributed by atoms with Crippen molar-refractivity contribution >= 4 is 17.9 Å². The molecule has 2 aromatic rings. The SMILES string of the molecule is CC1(C)CC[C@]2(C(=O)O[C@@H]3O[C@H](CO)[C@@H](O)[C@H](O)[C@H]3O)CC[C@]3(C)C(=CC[C@@H]4[C@@]5(C)C[C@@H](O)[C@H]6OC(=O)c7cc(O)c(O)c(O)c7-c7c(cc(O)c(O)c7O)C(=O)OC[C@]6(CO)C5CC[C@]43C)[C@H]2C1. The fourth-order valence-corrected chi connectivity index (χ4v) is 14.9. The number of esters is 3. The van der Waals surface area contributed by atoms with E-state index in [0.29, 0.717) is 57.4 Å². The van der Waals surface area contributed by atoms with Gasteiger partial charge < -0.3 is 80.2 Å². The highest BCUT2D eigenvalue weighted by Crippen LogP contribution is 2.76. The molecule has 1 unspecified atom stereocenters. The van der Waals surface area contributed by atoms with Gasteiger partial charge in [-0.2, -0.15) is 0 Å². The number of aromatic hydroxyl groups is 6. The molecule has 378 valence electrons. The van der Waals surface area contributed by atoms with Gasteiger partial charge in [-0.3, -0.25) is 4.79 Å². The number of rotatable bonds is 4. The van der Waals surface area contributed by atoms with Crippen molar-refractivity contribution < 1.29 is 94.6 Å². The molecule has 19 nitrogen and oxygen atoms in total. The van der Waals surface area contributed by atoms with Gasteiger partial charge in [-0.25, -0.2) is 9.59 Å². The highest BCUT2D eigenvalue weighted by atomic mass is 16.7. The summed E-state index contributed by atoms with van der Waals surface area (Å²) in [6, 6.07) is 1.44. The zero-order valence-corrected chi connectivity index (χ0v) is 39.2. The van der Waals surface area contributed by atoms with Gasteiger partial charge >= 0.3 is 17.9 Å². The van der Waals surface area contributed by atoms with E-state index in [0.717, 1.165) is 11.6 Å². The second-order valence-electron chi connectivity index (χ2n) is 22.6. The number of phenols is 6.